The second-order valence-electron chi connectivity index (χ2n) is 5.40. The van der Waals surface area contributed by atoms with E-state index in [4.69, 9.17) is 9.84 Å². The molecule has 1 saturated heterocycles. The molecule has 2 N–H and O–H groups in total. The van der Waals surface area contributed by atoms with Gasteiger partial charge in [-0.2, -0.15) is 0 Å². The van der Waals surface area contributed by atoms with Crippen molar-refractivity contribution in [3.63, 3.8) is 0 Å². The molecule has 0 radical (unpaired) electrons. The maximum absolute atomic E-state index is 9.18. The second-order valence-corrected chi connectivity index (χ2v) is 5.40. The number of hydrogen-bond acceptors (Lipinski definition) is 4. The molecule has 2 rings (SSSR count). The molecule has 21 heavy (non-hydrogen) atoms. The Morgan fingerprint density at radius 3 is 2.67 bits per heavy atom. The van der Waals surface area contributed by atoms with Crippen LogP contribution in [0.5, 0.6) is 5.75 Å². The van der Waals surface area contributed by atoms with Gasteiger partial charge in [0.05, 0.1) is 12.7 Å². The summed E-state index contributed by atoms with van der Waals surface area (Å²) in [4.78, 5) is 2.40. The molecule has 0 aliphatic carbocycles. The van der Waals surface area contributed by atoms with Crippen LogP contribution in [0.3, 0.4) is 0 Å². The quantitative estimate of drug-likeness (QED) is 0.819. The van der Waals surface area contributed by atoms with Crippen molar-refractivity contribution in [2.45, 2.75) is 19.4 Å². The Labute approximate surface area is 126 Å². The molecule has 0 bridgehead atoms. The highest BCUT2D eigenvalue weighted by Crippen LogP contribution is 2.22. The molecule has 0 aromatic heterocycles. The van der Waals surface area contributed by atoms with E-state index in [2.05, 4.69) is 22.8 Å². The van der Waals surface area contributed by atoms with Gasteiger partial charge in [0.25, 0.3) is 0 Å². The van der Waals surface area contributed by atoms with Crippen LogP contribution in [0.1, 0.15) is 24.0 Å². The number of nitrogens with zero attached hydrogens (tertiary/aromatic N) is 1. The standard InChI is InChI=1S/C17H23NO3/c1-21-17-5-4-15(11-16(17)3-2-10-19)12-18-8-6-14(13-20)7-9-18/h4-5,11,14,19-20H,6-10,12-13H2,1H3. The first kappa shape index (κ1) is 15.8. The number of methoxy groups -OCH3 is 1. The van der Waals surface area contributed by atoms with Crippen LogP contribution < -0.4 is 4.74 Å². The Morgan fingerprint density at radius 1 is 1.29 bits per heavy atom. The van der Waals surface area contributed by atoms with Gasteiger partial charge in [-0.25, -0.2) is 0 Å². The maximum atomic E-state index is 9.18. The maximum Gasteiger partial charge on any atom is 0.134 e. The van der Waals surface area contributed by atoms with Gasteiger partial charge < -0.3 is 14.9 Å². The van der Waals surface area contributed by atoms with E-state index in [1.165, 1.54) is 5.56 Å². The molecule has 0 amide bonds. The highest BCUT2D eigenvalue weighted by atomic mass is 16.5. The van der Waals surface area contributed by atoms with Crippen molar-refractivity contribution in [1.29, 1.82) is 0 Å². The normalized spacial score (nSPS) is 16.3. The molecular weight excluding hydrogens is 266 g/mol. The molecule has 1 aromatic carbocycles. The third-order valence-electron chi connectivity index (χ3n) is 3.94. The lowest BCUT2D eigenvalue weighted by molar-refractivity contribution is 0.127. The van der Waals surface area contributed by atoms with Crippen LogP contribution in [0.4, 0.5) is 0 Å². The van der Waals surface area contributed by atoms with Crippen LogP contribution in [0.25, 0.3) is 0 Å². The SMILES string of the molecule is COc1ccc(CN2CCC(CO)CC2)cc1C#CCO. The minimum absolute atomic E-state index is 0.151. The van der Waals surface area contributed by atoms with Gasteiger partial charge in [0.2, 0.25) is 0 Å². The first-order chi connectivity index (χ1) is 10.3. The van der Waals surface area contributed by atoms with E-state index in [0.717, 1.165) is 43.8 Å². The van der Waals surface area contributed by atoms with Gasteiger partial charge in [0, 0.05) is 13.2 Å². The fourth-order valence-electron chi connectivity index (χ4n) is 2.67. The highest BCUT2D eigenvalue weighted by Gasteiger charge is 2.18. The zero-order valence-corrected chi connectivity index (χ0v) is 12.5. The third-order valence-corrected chi connectivity index (χ3v) is 3.94. The molecule has 0 unspecified atom stereocenters. The molecule has 1 heterocycles. The van der Waals surface area contributed by atoms with E-state index in [-0.39, 0.29) is 6.61 Å². The lowest BCUT2D eigenvalue weighted by Crippen LogP contribution is -2.34. The first-order valence-electron chi connectivity index (χ1n) is 7.36. The van der Waals surface area contributed by atoms with E-state index >= 15 is 0 Å². The largest absolute Gasteiger partial charge is 0.495 e. The average molecular weight is 289 g/mol. The zero-order chi connectivity index (χ0) is 15.1. The average Bonchev–Trinajstić information content (AvgIpc) is 2.54. The molecule has 1 fully saturated rings. The lowest BCUT2D eigenvalue weighted by atomic mass is 9.97. The van der Waals surface area contributed by atoms with Crippen molar-refractivity contribution >= 4 is 0 Å². The third kappa shape index (κ3) is 4.47. The molecular formula is C17H23NO3. The number of benzene rings is 1. The Hall–Kier alpha value is -1.54. The highest BCUT2D eigenvalue weighted by molar-refractivity contribution is 5.48. The summed E-state index contributed by atoms with van der Waals surface area (Å²) in [5.74, 6) is 6.79. The number of rotatable bonds is 4. The van der Waals surface area contributed by atoms with Crippen LogP contribution >= 0.6 is 0 Å². The Kier molecular flexibility index (Phi) is 6.06. The first-order valence-corrected chi connectivity index (χ1v) is 7.36. The van der Waals surface area contributed by atoms with Crippen LogP contribution in [0, 0.1) is 17.8 Å². The molecule has 0 spiro atoms. The molecule has 1 aliphatic rings. The number of aliphatic hydroxyl groups is 2. The number of ether oxygens (including phenoxy) is 1. The predicted molar refractivity (Wildman–Crippen MR) is 82.0 cm³/mol. The summed E-state index contributed by atoms with van der Waals surface area (Å²) in [7, 11) is 1.62. The fourth-order valence-corrected chi connectivity index (χ4v) is 2.67. The van der Waals surface area contributed by atoms with E-state index in [1.54, 1.807) is 7.11 Å². The summed E-state index contributed by atoms with van der Waals surface area (Å²) in [6.45, 7) is 3.08. The van der Waals surface area contributed by atoms with Gasteiger partial charge in [0.1, 0.15) is 12.4 Å². The van der Waals surface area contributed by atoms with Gasteiger partial charge in [0.15, 0.2) is 0 Å². The summed E-state index contributed by atoms with van der Waals surface area (Å²) in [6, 6.07) is 6.01. The van der Waals surface area contributed by atoms with Crippen molar-refractivity contribution in [3.05, 3.63) is 29.3 Å². The number of likely N-dealkylation sites (tertiary alicyclic amines) is 1. The molecule has 1 aliphatic heterocycles. The summed E-state index contributed by atoms with van der Waals surface area (Å²) < 4.78 is 5.29. The molecule has 0 saturated carbocycles. The monoisotopic (exact) mass is 289 g/mol. The predicted octanol–water partition coefficient (Wildman–Crippen LogP) is 1.24. The Morgan fingerprint density at radius 2 is 2.05 bits per heavy atom. The zero-order valence-electron chi connectivity index (χ0n) is 12.5. The van der Waals surface area contributed by atoms with E-state index in [1.807, 2.05) is 12.1 Å². The van der Waals surface area contributed by atoms with E-state index in [9.17, 15) is 5.11 Å². The summed E-state index contributed by atoms with van der Waals surface area (Å²) in [6.07, 6.45) is 2.12. The van der Waals surface area contributed by atoms with Crippen molar-refractivity contribution in [2.75, 3.05) is 33.4 Å². The number of piperidine rings is 1. The Balaban J connectivity index is 2.03. The van der Waals surface area contributed by atoms with E-state index in [0.29, 0.717) is 12.5 Å². The minimum Gasteiger partial charge on any atom is -0.495 e. The topological polar surface area (TPSA) is 52.9 Å². The van der Waals surface area contributed by atoms with Crippen molar-refractivity contribution < 1.29 is 14.9 Å². The smallest absolute Gasteiger partial charge is 0.134 e. The van der Waals surface area contributed by atoms with Gasteiger partial charge in [-0.15, -0.1) is 0 Å². The van der Waals surface area contributed by atoms with Crippen molar-refractivity contribution in [1.82, 2.24) is 4.90 Å². The molecule has 0 atom stereocenters. The summed E-state index contributed by atoms with van der Waals surface area (Å²) in [5, 5.41) is 18.0. The number of hydrogen-bond donors (Lipinski definition) is 2. The van der Waals surface area contributed by atoms with Crippen molar-refractivity contribution in [3.8, 4) is 17.6 Å². The summed E-state index contributed by atoms with van der Waals surface area (Å²) >= 11 is 0. The van der Waals surface area contributed by atoms with Gasteiger partial charge in [-0.05, 0) is 49.5 Å². The van der Waals surface area contributed by atoms with Gasteiger partial charge in [-0.3, -0.25) is 4.90 Å². The van der Waals surface area contributed by atoms with E-state index < -0.39 is 0 Å². The molecule has 114 valence electrons. The van der Waals surface area contributed by atoms with Crippen LogP contribution in [-0.2, 0) is 6.54 Å². The Bertz CT molecular complexity index is 511. The molecule has 4 nitrogen and oxygen atoms in total. The van der Waals surface area contributed by atoms with Crippen LogP contribution in [0.2, 0.25) is 0 Å². The van der Waals surface area contributed by atoms with Crippen molar-refractivity contribution in [2.24, 2.45) is 5.92 Å². The lowest BCUT2D eigenvalue weighted by Gasteiger charge is -2.31. The van der Waals surface area contributed by atoms with Gasteiger partial charge in [-0.1, -0.05) is 17.9 Å². The molecule has 1 aromatic rings. The fraction of sp³-hybridized carbons (Fsp3) is 0.529. The summed E-state index contributed by atoms with van der Waals surface area (Å²) in [5.41, 5.74) is 2.01. The van der Waals surface area contributed by atoms with Crippen LogP contribution in [-0.4, -0.2) is 48.5 Å². The van der Waals surface area contributed by atoms with Gasteiger partial charge >= 0.3 is 0 Å². The molecule has 4 heteroatoms. The second kappa shape index (κ2) is 8.04. The number of aliphatic hydroxyl groups excluding tert-OH is 2. The minimum atomic E-state index is -0.151. The van der Waals surface area contributed by atoms with Crippen LogP contribution in [0.15, 0.2) is 18.2 Å².